The summed E-state index contributed by atoms with van der Waals surface area (Å²) in [5.41, 5.74) is 3.79. The number of nitrogens with zero attached hydrogens (tertiary/aromatic N) is 2. The predicted molar refractivity (Wildman–Crippen MR) is 127 cm³/mol. The summed E-state index contributed by atoms with van der Waals surface area (Å²) >= 11 is 0. The Bertz CT molecular complexity index is 1070. The van der Waals surface area contributed by atoms with Crippen molar-refractivity contribution in [3.05, 3.63) is 48.5 Å². The summed E-state index contributed by atoms with van der Waals surface area (Å²) in [6, 6.07) is 15.9. The molecular formula is C25H31N5O2. The zero-order valence-corrected chi connectivity index (χ0v) is 18.6. The summed E-state index contributed by atoms with van der Waals surface area (Å²) in [5, 5.41) is 8.79. The van der Waals surface area contributed by atoms with Gasteiger partial charge in [-0.25, -0.2) is 9.78 Å². The van der Waals surface area contributed by atoms with Crippen LogP contribution in [0.4, 0.5) is 10.5 Å². The number of benzene rings is 2. The van der Waals surface area contributed by atoms with Crippen LogP contribution in [-0.2, 0) is 11.8 Å². The molecule has 32 heavy (non-hydrogen) atoms. The molecule has 4 rings (SSSR count). The second kappa shape index (κ2) is 10.3. The first-order valence-electron chi connectivity index (χ1n) is 11.5. The van der Waals surface area contributed by atoms with Crippen LogP contribution in [0.25, 0.3) is 22.4 Å². The Morgan fingerprint density at radius 3 is 2.53 bits per heavy atom. The molecule has 2 aromatic carbocycles. The molecule has 1 aliphatic rings. The Kier molecular flexibility index (Phi) is 7.04. The van der Waals surface area contributed by atoms with Gasteiger partial charge in [0.1, 0.15) is 5.82 Å². The second-order valence-electron chi connectivity index (χ2n) is 8.45. The van der Waals surface area contributed by atoms with Crippen LogP contribution < -0.4 is 16.0 Å². The van der Waals surface area contributed by atoms with Crippen LogP contribution >= 0.6 is 0 Å². The summed E-state index contributed by atoms with van der Waals surface area (Å²) < 4.78 is 2.07. The first-order chi connectivity index (χ1) is 15.6. The third-order valence-electron chi connectivity index (χ3n) is 6.02. The Hall–Kier alpha value is -3.35. The van der Waals surface area contributed by atoms with E-state index < -0.39 is 0 Å². The molecule has 7 nitrogen and oxygen atoms in total. The van der Waals surface area contributed by atoms with Gasteiger partial charge in [-0.15, -0.1) is 0 Å². The predicted octanol–water partition coefficient (Wildman–Crippen LogP) is 4.59. The van der Waals surface area contributed by atoms with E-state index in [0.29, 0.717) is 25.4 Å². The fraction of sp³-hybridized carbons (Fsp3) is 0.400. The molecule has 0 spiro atoms. The minimum Gasteiger partial charge on any atom is -0.338 e. The topological polar surface area (TPSA) is 88.0 Å². The van der Waals surface area contributed by atoms with E-state index in [0.717, 1.165) is 41.0 Å². The smallest absolute Gasteiger partial charge is 0.315 e. The number of aromatic nitrogens is 2. The molecule has 0 aliphatic heterocycles. The molecule has 1 fully saturated rings. The maximum atomic E-state index is 12.2. The standard InChI is InChI=1S/C25H31N5O2/c1-30-22-11-6-5-10-21(22)29-24(30)18-13-15-20(16-14-18)27-23(31)12-7-17-26-25(32)28-19-8-3-2-4-9-19/h5-6,10-11,13-16,19H,2-4,7-9,12,17H2,1H3,(H,27,31)(H2,26,28,32). The van der Waals surface area contributed by atoms with E-state index in [1.807, 2.05) is 49.5 Å². The maximum Gasteiger partial charge on any atom is 0.315 e. The molecule has 168 valence electrons. The van der Waals surface area contributed by atoms with Crippen molar-refractivity contribution in [2.24, 2.45) is 7.05 Å². The second-order valence-corrected chi connectivity index (χ2v) is 8.45. The lowest BCUT2D eigenvalue weighted by Gasteiger charge is -2.22. The number of imidazole rings is 1. The highest BCUT2D eigenvalue weighted by molar-refractivity contribution is 5.91. The number of carbonyl (C=O) groups excluding carboxylic acids is 2. The maximum absolute atomic E-state index is 12.2. The van der Waals surface area contributed by atoms with Crippen molar-refractivity contribution in [1.82, 2.24) is 20.2 Å². The van der Waals surface area contributed by atoms with Gasteiger partial charge in [0.05, 0.1) is 11.0 Å². The minimum absolute atomic E-state index is 0.0602. The van der Waals surface area contributed by atoms with Gasteiger partial charge in [-0.05, 0) is 55.7 Å². The van der Waals surface area contributed by atoms with E-state index in [9.17, 15) is 9.59 Å². The normalized spacial score (nSPS) is 14.3. The van der Waals surface area contributed by atoms with Crippen LogP contribution in [0, 0.1) is 0 Å². The Labute approximate surface area is 188 Å². The number of fused-ring (bicyclic) bond motifs is 1. The van der Waals surface area contributed by atoms with Crippen LogP contribution in [0.2, 0.25) is 0 Å². The van der Waals surface area contributed by atoms with Crippen LogP contribution in [0.5, 0.6) is 0 Å². The summed E-state index contributed by atoms with van der Waals surface area (Å²) in [5.74, 6) is 0.830. The van der Waals surface area contributed by atoms with E-state index in [-0.39, 0.29) is 11.9 Å². The number of anilines is 1. The number of para-hydroxylation sites is 2. The summed E-state index contributed by atoms with van der Waals surface area (Å²) in [4.78, 5) is 28.9. The quantitative estimate of drug-likeness (QED) is 0.476. The van der Waals surface area contributed by atoms with Gasteiger partial charge in [0.25, 0.3) is 0 Å². The summed E-state index contributed by atoms with van der Waals surface area (Å²) in [7, 11) is 2.00. The molecular weight excluding hydrogens is 402 g/mol. The van der Waals surface area contributed by atoms with Crippen molar-refractivity contribution in [2.45, 2.75) is 51.0 Å². The SMILES string of the molecule is Cn1c(-c2ccc(NC(=O)CCCNC(=O)NC3CCCCC3)cc2)nc2ccccc21. The van der Waals surface area contributed by atoms with E-state index in [1.165, 1.54) is 19.3 Å². The van der Waals surface area contributed by atoms with Gasteiger partial charge in [0.15, 0.2) is 0 Å². The number of rotatable bonds is 7. The zero-order valence-electron chi connectivity index (χ0n) is 18.6. The molecule has 0 bridgehead atoms. The monoisotopic (exact) mass is 433 g/mol. The largest absolute Gasteiger partial charge is 0.338 e. The number of hydrogen-bond donors (Lipinski definition) is 3. The molecule has 1 heterocycles. The van der Waals surface area contributed by atoms with Crippen molar-refractivity contribution < 1.29 is 9.59 Å². The Balaban J connectivity index is 1.21. The number of amides is 3. The summed E-state index contributed by atoms with van der Waals surface area (Å²) in [6.45, 7) is 0.484. The van der Waals surface area contributed by atoms with Crippen LogP contribution in [0.15, 0.2) is 48.5 Å². The Morgan fingerprint density at radius 2 is 1.78 bits per heavy atom. The fourth-order valence-electron chi connectivity index (χ4n) is 4.26. The van der Waals surface area contributed by atoms with Crippen LogP contribution in [-0.4, -0.2) is 34.1 Å². The lowest BCUT2D eigenvalue weighted by molar-refractivity contribution is -0.116. The van der Waals surface area contributed by atoms with E-state index in [2.05, 4.69) is 26.6 Å². The average Bonchev–Trinajstić information content (AvgIpc) is 3.15. The van der Waals surface area contributed by atoms with Gasteiger partial charge in [0.2, 0.25) is 5.91 Å². The first-order valence-corrected chi connectivity index (χ1v) is 11.5. The molecule has 7 heteroatoms. The van der Waals surface area contributed by atoms with Crippen molar-refractivity contribution in [2.75, 3.05) is 11.9 Å². The van der Waals surface area contributed by atoms with Gasteiger partial charge in [-0.3, -0.25) is 4.79 Å². The number of nitrogens with one attached hydrogen (secondary N) is 3. The average molecular weight is 434 g/mol. The van der Waals surface area contributed by atoms with E-state index >= 15 is 0 Å². The highest BCUT2D eigenvalue weighted by Crippen LogP contribution is 2.24. The number of urea groups is 1. The zero-order chi connectivity index (χ0) is 22.3. The van der Waals surface area contributed by atoms with E-state index in [4.69, 9.17) is 4.98 Å². The van der Waals surface area contributed by atoms with Crippen molar-refractivity contribution in [1.29, 1.82) is 0 Å². The minimum atomic E-state index is -0.130. The number of aryl methyl sites for hydroxylation is 1. The molecule has 1 saturated carbocycles. The molecule has 0 atom stereocenters. The molecule has 1 aromatic heterocycles. The van der Waals surface area contributed by atoms with Crippen LogP contribution in [0.1, 0.15) is 44.9 Å². The third kappa shape index (κ3) is 5.46. The molecule has 1 aliphatic carbocycles. The van der Waals surface area contributed by atoms with E-state index in [1.54, 1.807) is 0 Å². The molecule has 3 aromatic rings. The van der Waals surface area contributed by atoms with Crippen molar-refractivity contribution >= 4 is 28.7 Å². The van der Waals surface area contributed by atoms with Gasteiger partial charge >= 0.3 is 6.03 Å². The van der Waals surface area contributed by atoms with Gasteiger partial charge in [-0.1, -0.05) is 31.4 Å². The van der Waals surface area contributed by atoms with Crippen molar-refractivity contribution in [3.8, 4) is 11.4 Å². The lowest BCUT2D eigenvalue weighted by Crippen LogP contribution is -2.43. The summed E-state index contributed by atoms with van der Waals surface area (Å²) in [6.07, 6.45) is 6.71. The molecule has 3 amide bonds. The number of hydrogen-bond acceptors (Lipinski definition) is 3. The van der Waals surface area contributed by atoms with Crippen molar-refractivity contribution in [3.63, 3.8) is 0 Å². The molecule has 0 saturated heterocycles. The first kappa shape index (κ1) is 21.9. The highest BCUT2D eigenvalue weighted by Gasteiger charge is 2.15. The van der Waals surface area contributed by atoms with Gasteiger partial charge in [-0.2, -0.15) is 0 Å². The van der Waals surface area contributed by atoms with Gasteiger partial charge in [0, 0.05) is 37.3 Å². The Morgan fingerprint density at radius 1 is 1.03 bits per heavy atom. The third-order valence-corrected chi connectivity index (χ3v) is 6.02. The number of carbonyl (C=O) groups is 2. The van der Waals surface area contributed by atoms with Crippen LogP contribution in [0.3, 0.4) is 0 Å². The molecule has 3 N–H and O–H groups in total. The lowest BCUT2D eigenvalue weighted by atomic mass is 9.96. The molecule has 0 unspecified atom stereocenters. The molecule has 0 radical (unpaired) electrons. The highest BCUT2D eigenvalue weighted by atomic mass is 16.2. The van der Waals surface area contributed by atoms with Gasteiger partial charge < -0.3 is 20.5 Å². The fourth-order valence-corrected chi connectivity index (χ4v) is 4.26.